The molecule has 0 aliphatic rings. The van der Waals surface area contributed by atoms with Crippen molar-refractivity contribution in [1.82, 2.24) is 4.90 Å². The van der Waals surface area contributed by atoms with Crippen LogP contribution in [0, 0.1) is 11.7 Å². The first-order chi connectivity index (χ1) is 12.3. The molecule has 7 heteroatoms. The highest BCUT2D eigenvalue weighted by Gasteiger charge is 2.21. The normalized spacial score (nSPS) is 10.8. The van der Waals surface area contributed by atoms with Gasteiger partial charge in [0.2, 0.25) is 0 Å². The summed E-state index contributed by atoms with van der Waals surface area (Å²) in [5, 5.41) is 8.85. The smallest absolute Gasteiger partial charge is 0.305 e. The number of carboxylic acid groups (broad SMARTS) is 1. The molecule has 1 N–H and O–H groups in total. The van der Waals surface area contributed by atoms with E-state index in [1.54, 1.807) is 12.1 Å². The zero-order valence-corrected chi connectivity index (χ0v) is 14.8. The van der Waals surface area contributed by atoms with Crippen molar-refractivity contribution in [3.05, 3.63) is 53.7 Å². The lowest BCUT2D eigenvalue weighted by Crippen LogP contribution is -2.35. The van der Waals surface area contributed by atoms with Crippen LogP contribution in [0.15, 0.2) is 40.8 Å². The molecule has 2 aromatic rings. The minimum Gasteiger partial charge on any atom is -0.486 e. The molecule has 0 fully saturated rings. The van der Waals surface area contributed by atoms with Gasteiger partial charge >= 0.3 is 5.97 Å². The third-order valence-corrected chi connectivity index (χ3v) is 3.54. The molecule has 0 atom stereocenters. The summed E-state index contributed by atoms with van der Waals surface area (Å²) in [6, 6.07) is 8.75. The molecule has 1 aromatic heterocycles. The average Bonchev–Trinajstić information content (AvgIpc) is 3.06. The van der Waals surface area contributed by atoms with Crippen molar-refractivity contribution in [2.24, 2.45) is 5.92 Å². The summed E-state index contributed by atoms with van der Waals surface area (Å²) in [4.78, 5) is 24.8. The SMILES string of the molecule is CC(C)CN(CCC(=O)O)C(=O)c1ccc(COc2ccc(F)cc2)o1. The highest BCUT2D eigenvalue weighted by molar-refractivity contribution is 5.91. The zero-order chi connectivity index (χ0) is 19.1. The summed E-state index contributed by atoms with van der Waals surface area (Å²) >= 11 is 0. The monoisotopic (exact) mass is 363 g/mol. The van der Waals surface area contributed by atoms with Gasteiger partial charge in [-0.2, -0.15) is 0 Å². The van der Waals surface area contributed by atoms with E-state index in [0.29, 0.717) is 18.1 Å². The first-order valence-corrected chi connectivity index (χ1v) is 8.33. The summed E-state index contributed by atoms with van der Waals surface area (Å²) in [6.45, 7) is 4.55. The van der Waals surface area contributed by atoms with E-state index in [2.05, 4.69) is 0 Å². The summed E-state index contributed by atoms with van der Waals surface area (Å²) in [6.07, 6.45) is -0.125. The Balaban J connectivity index is 1.99. The highest BCUT2D eigenvalue weighted by Crippen LogP contribution is 2.17. The van der Waals surface area contributed by atoms with Gasteiger partial charge in [-0.25, -0.2) is 4.39 Å². The third kappa shape index (κ3) is 5.91. The molecular formula is C19H22FNO5. The van der Waals surface area contributed by atoms with E-state index in [1.165, 1.54) is 29.2 Å². The maximum atomic E-state index is 12.9. The van der Waals surface area contributed by atoms with Crippen molar-refractivity contribution in [2.45, 2.75) is 26.9 Å². The molecule has 2 rings (SSSR count). The van der Waals surface area contributed by atoms with Crippen LogP contribution in [-0.2, 0) is 11.4 Å². The fraction of sp³-hybridized carbons (Fsp3) is 0.368. The second-order valence-electron chi connectivity index (χ2n) is 6.30. The van der Waals surface area contributed by atoms with Gasteiger partial charge in [0, 0.05) is 13.1 Å². The number of benzene rings is 1. The molecule has 0 aliphatic carbocycles. The molecule has 0 saturated carbocycles. The summed E-state index contributed by atoms with van der Waals surface area (Å²) < 4.78 is 23.9. The van der Waals surface area contributed by atoms with Gasteiger partial charge in [-0.1, -0.05) is 13.8 Å². The molecule has 0 bridgehead atoms. The number of aliphatic carboxylic acids is 1. The van der Waals surface area contributed by atoms with Crippen LogP contribution in [0.4, 0.5) is 4.39 Å². The van der Waals surface area contributed by atoms with Crippen LogP contribution >= 0.6 is 0 Å². The van der Waals surface area contributed by atoms with Gasteiger partial charge in [-0.15, -0.1) is 0 Å². The Morgan fingerprint density at radius 2 is 1.88 bits per heavy atom. The van der Waals surface area contributed by atoms with E-state index in [-0.39, 0.29) is 43.0 Å². The number of carbonyl (C=O) groups is 2. The lowest BCUT2D eigenvalue weighted by molar-refractivity contribution is -0.137. The number of ether oxygens (including phenoxy) is 1. The number of nitrogens with zero attached hydrogens (tertiary/aromatic N) is 1. The number of carboxylic acids is 1. The standard InChI is InChI=1S/C19H22FNO5/c1-13(2)11-21(10-9-18(22)23)19(24)17-8-7-16(26-17)12-25-15-5-3-14(20)4-6-15/h3-8,13H,9-12H2,1-2H3,(H,22,23). The topological polar surface area (TPSA) is 80.0 Å². The molecule has 1 aromatic carbocycles. The largest absolute Gasteiger partial charge is 0.486 e. The van der Waals surface area contributed by atoms with Crippen LogP contribution in [0.1, 0.15) is 36.6 Å². The van der Waals surface area contributed by atoms with Gasteiger partial charge in [-0.05, 0) is 42.3 Å². The lowest BCUT2D eigenvalue weighted by atomic mass is 10.2. The second-order valence-corrected chi connectivity index (χ2v) is 6.30. The number of carbonyl (C=O) groups excluding carboxylic acids is 1. The van der Waals surface area contributed by atoms with Crippen LogP contribution < -0.4 is 4.74 Å². The highest BCUT2D eigenvalue weighted by atomic mass is 19.1. The van der Waals surface area contributed by atoms with Crippen LogP contribution in [0.25, 0.3) is 0 Å². The second kappa shape index (κ2) is 9.03. The number of hydrogen-bond acceptors (Lipinski definition) is 4. The quantitative estimate of drug-likeness (QED) is 0.737. The summed E-state index contributed by atoms with van der Waals surface area (Å²) in [7, 11) is 0. The molecule has 0 spiro atoms. The van der Waals surface area contributed by atoms with Gasteiger partial charge in [-0.3, -0.25) is 9.59 Å². The minimum absolute atomic E-state index is 0.0955. The summed E-state index contributed by atoms with van der Waals surface area (Å²) in [5.41, 5.74) is 0. The molecule has 0 radical (unpaired) electrons. The van der Waals surface area contributed by atoms with Crippen molar-refractivity contribution in [1.29, 1.82) is 0 Å². The Hall–Kier alpha value is -2.83. The van der Waals surface area contributed by atoms with Crippen molar-refractivity contribution < 1.29 is 28.2 Å². The fourth-order valence-electron chi connectivity index (χ4n) is 2.36. The Kier molecular flexibility index (Phi) is 6.77. The van der Waals surface area contributed by atoms with Gasteiger partial charge in [0.1, 0.15) is 23.9 Å². The molecule has 1 amide bonds. The van der Waals surface area contributed by atoms with E-state index in [9.17, 15) is 14.0 Å². The first kappa shape index (κ1) is 19.5. The average molecular weight is 363 g/mol. The Morgan fingerprint density at radius 1 is 1.19 bits per heavy atom. The number of rotatable bonds is 9. The summed E-state index contributed by atoms with van der Waals surface area (Å²) in [5.74, 6) is -0.404. The molecule has 6 nitrogen and oxygen atoms in total. The molecular weight excluding hydrogens is 341 g/mol. The van der Waals surface area contributed by atoms with Gasteiger partial charge < -0.3 is 19.2 Å². The van der Waals surface area contributed by atoms with E-state index >= 15 is 0 Å². The minimum atomic E-state index is -0.959. The van der Waals surface area contributed by atoms with Crippen LogP contribution in [0.3, 0.4) is 0 Å². The third-order valence-electron chi connectivity index (χ3n) is 3.54. The van der Waals surface area contributed by atoms with Crippen molar-refractivity contribution in [3.8, 4) is 5.75 Å². The molecule has 26 heavy (non-hydrogen) atoms. The molecule has 140 valence electrons. The fourth-order valence-corrected chi connectivity index (χ4v) is 2.36. The van der Waals surface area contributed by atoms with Crippen LogP contribution in [-0.4, -0.2) is 35.0 Å². The number of hydrogen-bond donors (Lipinski definition) is 1. The van der Waals surface area contributed by atoms with Gasteiger partial charge in [0.05, 0.1) is 6.42 Å². The first-order valence-electron chi connectivity index (χ1n) is 8.33. The van der Waals surface area contributed by atoms with Gasteiger partial charge in [0.15, 0.2) is 5.76 Å². The van der Waals surface area contributed by atoms with Gasteiger partial charge in [0.25, 0.3) is 5.91 Å². The molecule has 1 heterocycles. The molecule has 0 unspecified atom stereocenters. The molecule has 0 saturated heterocycles. The number of amides is 1. The zero-order valence-electron chi connectivity index (χ0n) is 14.8. The van der Waals surface area contributed by atoms with E-state index in [0.717, 1.165) is 0 Å². The van der Waals surface area contributed by atoms with Crippen molar-refractivity contribution >= 4 is 11.9 Å². The predicted octanol–water partition coefficient (Wildman–Crippen LogP) is 3.57. The number of furan rings is 1. The van der Waals surface area contributed by atoms with Crippen molar-refractivity contribution in [3.63, 3.8) is 0 Å². The molecule has 0 aliphatic heterocycles. The predicted molar refractivity (Wildman–Crippen MR) is 92.4 cm³/mol. The van der Waals surface area contributed by atoms with Crippen molar-refractivity contribution in [2.75, 3.05) is 13.1 Å². The maximum absolute atomic E-state index is 12.9. The van der Waals surface area contributed by atoms with Crippen LogP contribution in [0.2, 0.25) is 0 Å². The van der Waals surface area contributed by atoms with E-state index in [4.69, 9.17) is 14.3 Å². The van der Waals surface area contributed by atoms with E-state index in [1.807, 2.05) is 13.8 Å². The number of halogens is 1. The Labute approximate surface area is 151 Å². The Morgan fingerprint density at radius 3 is 2.50 bits per heavy atom. The van der Waals surface area contributed by atoms with Crippen LogP contribution in [0.5, 0.6) is 5.75 Å². The lowest BCUT2D eigenvalue weighted by Gasteiger charge is -2.22. The Bertz CT molecular complexity index is 739. The van der Waals surface area contributed by atoms with E-state index < -0.39 is 5.97 Å². The maximum Gasteiger partial charge on any atom is 0.305 e.